The molecule has 12 heteroatoms. The first-order chi connectivity index (χ1) is 19.2. The zero-order valence-electron chi connectivity index (χ0n) is 22.7. The van der Waals surface area contributed by atoms with Gasteiger partial charge in [-0.15, -0.1) is 0 Å². The van der Waals surface area contributed by atoms with Crippen molar-refractivity contribution in [3.8, 4) is 0 Å². The molecule has 0 aliphatic heterocycles. The number of benzene rings is 3. The number of halogens is 4. The summed E-state index contributed by atoms with van der Waals surface area (Å²) in [6.45, 7) is 4.31. The molecule has 7 nitrogen and oxygen atoms in total. The van der Waals surface area contributed by atoms with Gasteiger partial charge in [0.25, 0.3) is 10.0 Å². The van der Waals surface area contributed by atoms with Crippen LogP contribution in [0.4, 0.5) is 18.9 Å². The number of anilines is 1. The van der Waals surface area contributed by atoms with Gasteiger partial charge in [0.2, 0.25) is 11.8 Å². The molecule has 0 aliphatic carbocycles. The Morgan fingerprint density at radius 2 is 1.59 bits per heavy atom. The molecule has 0 heterocycles. The van der Waals surface area contributed by atoms with Crippen molar-refractivity contribution in [1.29, 1.82) is 0 Å². The molecule has 41 heavy (non-hydrogen) atoms. The van der Waals surface area contributed by atoms with Gasteiger partial charge in [-0.05, 0) is 68.3 Å². The normalized spacial score (nSPS) is 12.6. The standard InChI is InChI=1S/C29H31ClF3N3O4S/c1-4-26(28(38)34-20(2)3)35(18-21-13-15-23(30)16-14-21)27(37)19-36(41(39,40)25-11-6-5-7-12-25)24-10-8-9-22(17-24)29(31,32)33/h5-17,20,26H,4,18-19H2,1-3H3,(H,34,38)/t26-/m0/s1. The number of carbonyl (C=O) groups is 2. The number of nitrogens with zero attached hydrogens (tertiary/aromatic N) is 2. The topological polar surface area (TPSA) is 86.8 Å². The lowest BCUT2D eigenvalue weighted by molar-refractivity contribution is -0.140. The Morgan fingerprint density at radius 3 is 2.15 bits per heavy atom. The minimum absolute atomic E-state index is 0.0676. The molecule has 3 aromatic rings. The Kier molecular flexibility index (Phi) is 10.4. The van der Waals surface area contributed by atoms with E-state index in [4.69, 9.17) is 11.6 Å². The maximum absolute atomic E-state index is 13.9. The minimum atomic E-state index is -4.74. The molecule has 0 saturated heterocycles. The molecule has 0 aromatic heterocycles. The zero-order chi connectivity index (χ0) is 30.4. The van der Waals surface area contributed by atoms with Crippen molar-refractivity contribution in [2.45, 2.75) is 56.9 Å². The van der Waals surface area contributed by atoms with E-state index in [1.807, 2.05) is 0 Å². The number of nitrogens with one attached hydrogen (secondary N) is 1. The number of alkyl halides is 3. The number of carbonyl (C=O) groups excluding carboxylic acids is 2. The average molecular weight is 610 g/mol. The van der Waals surface area contributed by atoms with Crippen LogP contribution >= 0.6 is 11.6 Å². The van der Waals surface area contributed by atoms with Gasteiger partial charge in [0.1, 0.15) is 12.6 Å². The SMILES string of the molecule is CC[C@@H](C(=O)NC(C)C)N(Cc1ccc(Cl)cc1)C(=O)CN(c1cccc(C(F)(F)F)c1)S(=O)(=O)c1ccccc1. The van der Waals surface area contributed by atoms with E-state index in [1.165, 1.54) is 35.2 Å². The molecule has 3 rings (SSSR count). The Balaban J connectivity index is 2.10. The molecule has 0 fully saturated rings. The van der Waals surface area contributed by atoms with Gasteiger partial charge in [0.15, 0.2) is 0 Å². The Morgan fingerprint density at radius 1 is 0.951 bits per heavy atom. The van der Waals surface area contributed by atoms with Crippen LogP contribution in [0.15, 0.2) is 83.8 Å². The molecule has 220 valence electrons. The van der Waals surface area contributed by atoms with Gasteiger partial charge in [-0.25, -0.2) is 8.42 Å². The molecule has 0 radical (unpaired) electrons. The second-order valence-electron chi connectivity index (χ2n) is 9.61. The van der Waals surface area contributed by atoms with E-state index in [-0.39, 0.29) is 29.6 Å². The predicted molar refractivity (Wildman–Crippen MR) is 152 cm³/mol. The fraction of sp³-hybridized carbons (Fsp3) is 0.310. The van der Waals surface area contributed by atoms with Crippen LogP contribution in [0.3, 0.4) is 0 Å². The van der Waals surface area contributed by atoms with Crippen LogP contribution in [-0.2, 0) is 32.3 Å². The van der Waals surface area contributed by atoms with E-state index in [0.29, 0.717) is 21.0 Å². The van der Waals surface area contributed by atoms with Crippen molar-refractivity contribution in [3.05, 3.63) is 95.0 Å². The van der Waals surface area contributed by atoms with Gasteiger partial charge in [-0.2, -0.15) is 13.2 Å². The predicted octanol–water partition coefficient (Wildman–Crippen LogP) is 5.89. The van der Waals surface area contributed by atoms with Crippen LogP contribution in [0.25, 0.3) is 0 Å². The van der Waals surface area contributed by atoms with E-state index in [9.17, 15) is 31.2 Å². The third-order valence-electron chi connectivity index (χ3n) is 6.15. The van der Waals surface area contributed by atoms with Crippen molar-refractivity contribution in [2.24, 2.45) is 0 Å². The summed E-state index contributed by atoms with van der Waals surface area (Å²) < 4.78 is 68.8. The van der Waals surface area contributed by atoms with Gasteiger partial charge >= 0.3 is 6.18 Å². The Bertz CT molecular complexity index is 1450. The first-order valence-electron chi connectivity index (χ1n) is 12.8. The van der Waals surface area contributed by atoms with E-state index < -0.39 is 46.2 Å². The van der Waals surface area contributed by atoms with Crippen LogP contribution in [-0.4, -0.2) is 43.8 Å². The highest BCUT2D eigenvalue weighted by Crippen LogP contribution is 2.33. The third-order valence-corrected chi connectivity index (χ3v) is 8.19. The first-order valence-corrected chi connectivity index (χ1v) is 14.6. The summed E-state index contributed by atoms with van der Waals surface area (Å²) >= 11 is 6.00. The first kappa shape index (κ1) is 32.0. The molecule has 1 atom stereocenters. The van der Waals surface area contributed by atoms with Crippen molar-refractivity contribution >= 4 is 39.1 Å². The lowest BCUT2D eigenvalue weighted by Gasteiger charge is -2.33. The van der Waals surface area contributed by atoms with Gasteiger partial charge in [-0.1, -0.05) is 54.9 Å². The summed E-state index contributed by atoms with van der Waals surface area (Å²) in [5.41, 5.74) is -0.797. The van der Waals surface area contributed by atoms with E-state index in [2.05, 4.69) is 5.32 Å². The number of rotatable bonds is 11. The number of hydrogen-bond donors (Lipinski definition) is 1. The maximum Gasteiger partial charge on any atom is 0.416 e. The van der Waals surface area contributed by atoms with Gasteiger partial charge in [0.05, 0.1) is 16.1 Å². The highest BCUT2D eigenvalue weighted by molar-refractivity contribution is 7.92. The van der Waals surface area contributed by atoms with Crippen LogP contribution in [0.5, 0.6) is 0 Å². The summed E-state index contributed by atoms with van der Waals surface area (Å²) in [5.74, 6) is -1.22. The second-order valence-corrected chi connectivity index (χ2v) is 11.9. The van der Waals surface area contributed by atoms with Gasteiger partial charge < -0.3 is 10.2 Å². The summed E-state index contributed by atoms with van der Waals surface area (Å²) in [6.07, 6.45) is -4.54. The van der Waals surface area contributed by atoms with Gasteiger partial charge in [0, 0.05) is 17.6 Å². The number of sulfonamides is 1. The maximum atomic E-state index is 13.9. The molecule has 0 aliphatic rings. The molecular weight excluding hydrogens is 579 g/mol. The largest absolute Gasteiger partial charge is 0.416 e. The molecule has 3 aromatic carbocycles. The van der Waals surface area contributed by atoms with E-state index >= 15 is 0 Å². The Labute approximate surface area is 243 Å². The van der Waals surface area contributed by atoms with Crippen LogP contribution in [0.1, 0.15) is 38.3 Å². The van der Waals surface area contributed by atoms with Crippen molar-refractivity contribution < 1.29 is 31.2 Å². The smallest absolute Gasteiger partial charge is 0.352 e. The summed E-state index contributed by atoms with van der Waals surface area (Å²) in [6, 6.07) is 16.2. The lowest BCUT2D eigenvalue weighted by atomic mass is 10.1. The lowest BCUT2D eigenvalue weighted by Crippen LogP contribution is -2.53. The highest BCUT2D eigenvalue weighted by Gasteiger charge is 2.36. The van der Waals surface area contributed by atoms with Gasteiger partial charge in [-0.3, -0.25) is 13.9 Å². The van der Waals surface area contributed by atoms with Crippen molar-refractivity contribution in [1.82, 2.24) is 10.2 Å². The third kappa shape index (κ3) is 8.23. The van der Waals surface area contributed by atoms with E-state index in [1.54, 1.807) is 51.1 Å². The number of amides is 2. The Hall–Kier alpha value is -3.57. The molecular formula is C29H31ClF3N3O4S. The fourth-order valence-corrected chi connectivity index (χ4v) is 5.73. The zero-order valence-corrected chi connectivity index (χ0v) is 24.3. The molecule has 0 saturated carbocycles. The summed E-state index contributed by atoms with van der Waals surface area (Å²) in [7, 11) is -4.49. The van der Waals surface area contributed by atoms with Crippen LogP contribution in [0, 0.1) is 0 Å². The molecule has 0 unspecified atom stereocenters. The van der Waals surface area contributed by atoms with Crippen molar-refractivity contribution in [3.63, 3.8) is 0 Å². The highest BCUT2D eigenvalue weighted by atomic mass is 35.5. The van der Waals surface area contributed by atoms with E-state index in [0.717, 1.165) is 12.1 Å². The summed E-state index contributed by atoms with van der Waals surface area (Å²) in [5, 5.41) is 3.24. The van der Waals surface area contributed by atoms with Crippen LogP contribution < -0.4 is 9.62 Å². The summed E-state index contributed by atoms with van der Waals surface area (Å²) in [4.78, 5) is 28.1. The van der Waals surface area contributed by atoms with Crippen LogP contribution in [0.2, 0.25) is 5.02 Å². The molecule has 0 bridgehead atoms. The minimum Gasteiger partial charge on any atom is -0.352 e. The monoisotopic (exact) mass is 609 g/mol. The molecule has 2 amide bonds. The number of hydrogen-bond acceptors (Lipinski definition) is 4. The quantitative estimate of drug-likeness (QED) is 0.294. The van der Waals surface area contributed by atoms with Crippen molar-refractivity contribution in [2.75, 3.05) is 10.8 Å². The average Bonchev–Trinajstić information content (AvgIpc) is 2.92. The fourth-order valence-electron chi connectivity index (χ4n) is 4.17. The second kappa shape index (κ2) is 13.4. The molecule has 0 spiro atoms. The molecule has 1 N–H and O–H groups in total.